The zero-order chi connectivity index (χ0) is 16.2. The van der Waals surface area contributed by atoms with Gasteiger partial charge in [-0.05, 0) is 12.7 Å². The SMILES string of the molecule is CC.CCCCCOCCOCCOCCNC(=O)SC. The van der Waals surface area contributed by atoms with Crippen LogP contribution in [0.3, 0.4) is 0 Å². The predicted molar refractivity (Wildman–Crippen MR) is 90.2 cm³/mol. The third kappa shape index (κ3) is 22.1. The van der Waals surface area contributed by atoms with E-state index in [1.807, 2.05) is 13.8 Å². The number of thioether (sulfide) groups is 1. The van der Waals surface area contributed by atoms with Gasteiger partial charge in [-0.3, -0.25) is 4.79 Å². The summed E-state index contributed by atoms with van der Waals surface area (Å²) in [4.78, 5) is 10.9. The Bertz CT molecular complexity index is 206. The van der Waals surface area contributed by atoms with Gasteiger partial charge in [0.15, 0.2) is 0 Å². The van der Waals surface area contributed by atoms with Crippen molar-refractivity contribution in [3.63, 3.8) is 0 Å². The number of ether oxygens (including phenoxy) is 3. The first-order valence-corrected chi connectivity index (χ1v) is 9.08. The van der Waals surface area contributed by atoms with Crippen LogP contribution < -0.4 is 5.32 Å². The molecule has 0 radical (unpaired) electrons. The minimum Gasteiger partial charge on any atom is -0.379 e. The smallest absolute Gasteiger partial charge is 0.278 e. The number of hydrogen-bond donors (Lipinski definition) is 1. The molecule has 0 fully saturated rings. The summed E-state index contributed by atoms with van der Waals surface area (Å²) in [5.41, 5.74) is 0. The molecule has 0 aromatic rings. The number of rotatable bonds is 13. The van der Waals surface area contributed by atoms with Crippen molar-refractivity contribution >= 4 is 17.0 Å². The van der Waals surface area contributed by atoms with Gasteiger partial charge < -0.3 is 19.5 Å². The van der Waals surface area contributed by atoms with Crippen LogP contribution in [0.5, 0.6) is 0 Å². The molecule has 0 saturated heterocycles. The van der Waals surface area contributed by atoms with Crippen molar-refractivity contribution in [2.24, 2.45) is 0 Å². The lowest BCUT2D eigenvalue weighted by Crippen LogP contribution is -2.23. The Morgan fingerprint density at radius 2 is 1.43 bits per heavy atom. The summed E-state index contributed by atoms with van der Waals surface area (Å²) in [5, 5.41) is 2.68. The van der Waals surface area contributed by atoms with E-state index in [1.54, 1.807) is 6.26 Å². The second-order valence-electron chi connectivity index (χ2n) is 3.96. The second kappa shape index (κ2) is 22.0. The number of carbonyl (C=O) groups is 1. The highest BCUT2D eigenvalue weighted by atomic mass is 32.2. The number of nitrogens with one attached hydrogen (secondary N) is 1. The summed E-state index contributed by atoms with van der Waals surface area (Å²) in [6.45, 7) is 10.4. The normalized spacial score (nSPS) is 9.90. The Morgan fingerprint density at radius 3 is 1.95 bits per heavy atom. The molecule has 0 aliphatic carbocycles. The quantitative estimate of drug-likeness (QED) is 0.527. The third-order valence-electron chi connectivity index (χ3n) is 2.34. The van der Waals surface area contributed by atoms with Gasteiger partial charge in [-0.1, -0.05) is 45.4 Å². The van der Waals surface area contributed by atoms with E-state index >= 15 is 0 Å². The first kappa shape index (κ1) is 23.0. The Balaban J connectivity index is 0. The predicted octanol–water partition coefficient (Wildman–Crippen LogP) is 3.33. The summed E-state index contributed by atoms with van der Waals surface area (Å²) in [7, 11) is 0. The molecular weight excluding hydrogens is 290 g/mol. The standard InChI is InChI=1S/C13H27NO4S.C2H6/c1-3-4-5-7-16-9-11-18-12-10-17-8-6-14-13(15)19-2;1-2/h3-12H2,1-2H3,(H,14,15);1-2H3. The van der Waals surface area contributed by atoms with Crippen LogP contribution in [0.1, 0.15) is 40.0 Å². The van der Waals surface area contributed by atoms with E-state index < -0.39 is 0 Å². The van der Waals surface area contributed by atoms with Crippen molar-refractivity contribution in [1.29, 1.82) is 0 Å². The Kier molecular flexibility index (Phi) is 24.1. The van der Waals surface area contributed by atoms with Gasteiger partial charge in [-0.15, -0.1) is 0 Å². The Morgan fingerprint density at radius 1 is 0.905 bits per heavy atom. The van der Waals surface area contributed by atoms with Crippen LogP contribution >= 0.6 is 11.8 Å². The van der Waals surface area contributed by atoms with Gasteiger partial charge in [0.05, 0.1) is 33.0 Å². The Labute approximate surface area is 134 Å². The van der Waals surface area contributed by atoms with Gasteiger partial charge in [0.25, 0.3) is 5.24 Å². The molecule has 0 bridgehead atoms. The zero-order valence-electron chi connectivity index (χ0n) is 14.1. The van der Waals surface area contributed by atoms with E-state index in [2.05, 4.69) is 12.2 Å². The maximum Gasteiger partial charge on any atom is 0.278 e. The largest absolute Gasteiger partial charge is 0.379 e. The zero-order valence-corrected chi connectivity index (χ0v) is 14.9. The first-order valence-electron chi connectivity index (χ1n) is 7.86. The van der Waals surface area contributed by atoms with Gasteiger partial charge in [0.1, 0.15) is 0 Å². The van der Waals surface area contributed by atoms with E-state index in [1.165, 1.54) is 12.8 Å². The number of carbonyl (C=O) groups excluding carboxylic acids is 1. The van der Waals surface area contributed by atoms with Crippen molar-refractivity contribution in [3.8, 4) is 0 Å². The molecule has 0 rings (SSSR count). The lowest BCUT2D eigenvalue weighted by Gasteiger charge is -2.07. The molecule has 0 saturated carbocycles. The second-order valence-corrected chi connectivity index (χ2v) is 4.74. The van der Waals surface area contributed by atoms with Gasteiger partial charge in [-0.2, -0.15) is 0 Å². The fourth-order valence-electron chi connectivity index (χ4n) is 1.29. The van der Waals surface area contributed by atoms with Crippen LogP contribution in [0, 0.1) is 0 Å². The van der Waals surface area contributed by atoms with Crippen molar-refractivity contribution in [2.45, 2.75) is 40.0 Å². The minimum atomic E-state index is -0.0277. The van der Waals surface area contributed by atoms with Gasteiger partial charge in [-0.25, -0.2) is 0 Å². The molecule has 0 spiro atoms. The Hall–Kier alpha value is -0.300. The van der Waals surface area contributed by atoms with E-state index in [-0.39, 0.29) is 5.24 Å². The first-order chi connectivity index (χ1) is 10.3. The molecule has 6 heteroatoms. The topological polar surface area (TPSA) is 56.8 Å². The lowest BCUT2D eigenvalue weighted by atomic mass is 10.3. The number of unbranched alkanes of at least 4 members (excludes halogenated alkanes) is 2. The van der Waals surface area contributed by atoms with Crippen LogP contribution in [-0.2, 0) is 14.2 Å². The summed E-state index contributed by atoms with van der Waals surface area (Å²) in [6.07, 6.45) is 5.31. The van der Waals surface area contributed by atoms with Crippen molar-refractivity contribution in [2.75, 3.05) is 52.4 Å². The number of amides is 1. The summed E-state index contributed by atoms with van der Waals surface area (Å²) in [6, 6.07) is 0. The van der Waals surface area contributed by atoms with Gasteiger partial charge in [0, 0.05) is 13.2 Å². The number of hydrogen-bond acceptors (Lipinski definition) is 5. The molecule has 0 atom stereocenters. The molecular formula is C15H33NO4S. The summed E-state index contributed by atoms with van der Waals surface area (Å²) >= 11 is 1.16. The molecule has 5 nitrogen and oxygen atoms in total. The fourth-order valence-corrected chi connectivity index (χ4v) is 1.54. The minimum absolute atomic E-state index is 0.0277. The maximum atomic E-state index is 10.9. The molecule has 0 aliphatic heterocycles. The molecule has 21 heavy (non-hydrogen) atoms. The van der Waals surface area contributed by atoms with Crippen LogP contribution in [-0.4, -0.2) is 57.7 Å². The molecule has 0 aromatic carbocycles. The van der Waals surface area contributed by atoms with E-state index in [0.29, 0.717) is 39.6 Å². The van der Waals surface area contributed by atoms with Crippen molar-refractivity contribution in [1.82, 2.24) is 5.32 Å². The molecule has 0 aromatic heterocycles. The average molecular weight is 323 g/mol. The van der Waals surface area contributed by atoms with E-state index in [9.17, 15) is 4.79 Å². The van der Waals surface area contributed by atoms with Crippen LogP contribution in [0.15, 0.2) is 0 Å². The van der Waals surface area contributed by atoms with Crippen molar-refractivity contribution < 1.29 is 19.0 Å². The monoisotopic (exact) mass is 323 g/mol. The highest BCUT2D eigenvalue weighted by Gasteiger charge is 1.96. The fraction of sp³-hybridized carbons (Fsp3) is 0.933. The maximum absolute atomic E-state index is 10.9. The summed E-state index contributed by atoms with van der Waals surface area (Å²) < 4.78 is 16.0. The molecule has 1 N–H and O–H groups in total. The third-order valence-corrected chi connectivity index (χ3v) is 2.85. The van der Waals surface area contributed by atoms with E-state index in [0.717, 1.165) is 24.8 Å². The molecule has 128 valence electrons. The van der Waals surface area contributed by atoms with Crippen LogP contribution in [0.2, 0.25) is 0 Å². The van der Waals surface area contributed by atoms with Crippen LogP contribution in [0.4, 0.5) is 4.79 Å². The molecule has 1 amide bonds. The molecule has 0 heterocycles. The lowest BCUT2D eigenvalue weighted by molar-refractivity contribution is 0.0148. The highest BCUT2D eigenvalue weighted by Crippen LogP contribution is 1.94. The van der Waals surface area contributed by atoms with Crippen LogP contribution in [0.25, 0.3) is 0 Å². The summed E-state index contributed by atoms with van der Waals surface area (Å²) in [5.74, 6) is 0. The van der Waals surface area contributed by atoms with E-state index in [4.69, 9.17) is 14.2 Å². The molecule has 0 aliphatic rings. The van der Waals surface area contributed by atoms with Gasteiger partial charge in [0.2, 0.25) is 0 Å². The average Bonchev–Trinajstić information content (AvgIpc) is 2.53. The molecule has 0 unspecified atom stereocenters. The van der Waals surface area contributed by atoms with Gasteiger partial charge >= 0.3 is 0 Å². The van der Waals surface area contributed by atoms with Crippen molar-refractivity contribution in [3.05, 3.63) is 0 Å². The highest BCUT2D eigenvalue weighted by molar-refractivity contribution is 8.12.